The molecule has 1 atom stereocenters. The molecule has 0 fully saturated rings. The number of aryl methyl sites for hydroxylation is 1. The number of H-pyrrole nitrogens is 1. The van der Waals surface area contributed by atoms with Crippen LogP contribution >= 0.6 is 0 Å². The summed E-state index contributed by atoms with van der Waals surface area (Å²) in [6, 6.07) is 0.594. The van der Waals surface area contributed by atoms with Gasteiger partial charge in [0.15, 0.2) is 5.76 Å². The lowest BCUT2D eigenvalue weighted by molar-refractivity contribution is -0.139. The van der Waals surface area contributed by atoms with Gasteiger partial charge in [-0.3, -0.25) is 4.79 Å². The number of aromatic amines is 1. The molecular formula is C12H13N3O4. The van der Waals surface area contributed by atoms with E-state index in [0.29, 0.717) is 11.3 Å². The number of carboxylic acid groups (broad SMARTS) is 1. The highest BCUT2D eigenvalue weighted by atomic mass is 16.4. The monoisotopic (exact) mass is 263 g/mol. The van der Waals surface area contributed by atoms with Crippen molar-refractivity contribution in [2.75, 3.05) is 0 Å². The Hall–Kier alpha value is -2.57. The fourth-order valence-electron chi connectivity index (χ4n) is 1.65. The van der Waals surface area contributed by atoms with Crippen molar-refractivity contribution < 1.29 is 19.1 Å². The van der Waals surface area contributed by atoms with E-state index >= 15 is 0 Å². The number of carbonyl (C=O) groups excluding carboxylic acids is 1. The second-order valence-corrected chi connectivity index (χ2v) is 4.08. The van der Waals surface area contributed by atoms with Gasteiger partial charge in [0.2, 0.25) is 0 Å². The Morgan fingerprint density at radius 3 is 2.89 bits per heavy atom. The molecule has 2 aromatic rings. The van der Waals surface area contributed by atoms with Crippen LogP contribution in [0.3, 0.4) is 0 Å². The summed E-state index contributed by atoms with van der Waals surface area (Å²) in [6.45, 7) is 1.71. The van der Waals surface area contributed by atoms with Crippen molar-refractivity contribution in [3.8, 4) is 0 Å². The molecule has 0 aliphatic carbocycles. The van der Waals surface area contributed by atoms with Gasteiger partial charge in [-0.15, -0.1) is 0 Å². The van der Waals surface area contributed by atoms with E-state index in [1.54, 1.807) is 13.0 Å². The van der Waals surface area contributed by atoms with Crippen LogP contribution in [-0.2, 0) is 11.2 Å². The van der Waals surface area contributed by atoms with Gasteiger partial charge in [0.25, 0.3) is 5.91 Å². The number of aliphatic carboxylic acids is 1. The summed E-state index contributed by atoms with van der Waals surface area (Å²) in [5, 5.41) is 11.5. The van der Waals surface area contributed by atoms with E-state index in [-0.39, 0.29) is 12.2 Å². The van der Waals surface area contributed by atoms with Crippen LogP contribution in [0, 0.1) is 6.92 Å². The molecule has 0 aromatic carbocycles. The number of carboxylic acids is 1. The maximum atomic E-state index is 11.9. The van der Waals surface area contributed by atoms with E-state index in [1.165, 1.54) is 18.8 Å². The first-order valence-electron chi connectivity index (χ1n) is 5.63. The predicted octanol–water partition coefficient (Wildman–Crippen LogP) is 0.737. The molecule has 0 radical (unpaired) electrons. The Morgan fingerprint density at radius 1 is 1.58 bits per heavy atom. The van der Waals surface area contributed by atoms with Crippen LogP contribution in [0.2, 0.25) is 0 Å². The topological polar surface area (TPSA) is 108 Å². The standard InChI is InChI=1S/C12H13N3O4/c1-7-2-3-19-10(7)11(16)15-9(12(17)18)4-8-5-13-6-14-8/h2-3,5-6,9H,4H2,1H3,(H,13,14)(H,15,16)(H,17,18)/t9-/m0/s1. The highest BCUT2D eigenvalue weighted by Crippen LogP contribution is 2.09. The fraction of sp³-hybridized carbons (Fsp3) is 0.250. The third-order valence-corrected chi connectivity index (χ3v) is 2.65. The lowest BCUT2D eigenvalue weighted by atomic mass is 10.1. The summed E-state index contributed by atoms with van der Waals surface area (Å²) in [4.78, 5) is 29.6. The van der Waals surface area contributed by atoms with Crippen LogP contribution in [0.1, 0.15) is 21.8 Å². The molecule has 0 spiro atoms. The first-order chi connectivity index (χ1) is 9.08. The zero-order valence-corrected chi connectivity index (χ0v) is 10.2. The summed E-state index contributed by atoms with van der Waals surface area (Å²) < 4.78 is 5.02. The molecule has 0 saturated carbocycles. The van der Waals surface area contributed by atoms with Crippen LogP contribution in [0.15, 0.2) is 29.3 Å². The number of hydrogen-bond acceptors (Lipinski definition) is 4. The van der Waals surface area contributed by atoms with Crippen LogP contribution in [0.4, 0.5) is 0 Å². The van der Waals surface area contributed by atoms with E-state index in [2.05, 4.69) is 15.3 Å². The molecule has 7 heteroatoms. The summed E-state index contributed by atoms with van der Waals surface area (Å²) in [7, 11) is 0. The lowest BCUT2D eigenvalue weighted by Gasteiger charge is -2.12. The quantitative estimate of drug-likeness (QED) is 0.737. The molecule has 100 valence electrons. The summed E-state index contributed by atoms with van der Waals surface area (Å²) in [5.41, 5.74) is 1.28. The van der Waals surface area contributed by atoms with E-state index in [9.17, 15) is 9.59 Å². The van der Waals surface area contributed by atoms with E-state index < -0.39 is 17.9 Å². The van der Waals surface area contributed by atoms with E-state index in [0.717, 1.165) is 0 Å². The first kappa shape index (κ1) is 12.9. The Morgan fingerprint density at radius 2 is 2.37 bits per heavy atom. The largest absolute Gasteiger partial charge is 0.480 e. The number of hydrogen-bond donors (Lipinski definition) is 3. The van der Waals surface area contributed by atoms with Gasteiger partial charge >= 0.3 is 5.97 Å². The number of imidazole rings is 1. The third-order valence-electron chi connectivity index (χ3n) is 2.65. The molecular weight excluding hydrogens is 250 g/mol. The van der Waals surface area contributed by atoms with Gasteiger partial charge in [-0.25, -0.2) is 9.78 Å². The highest BCUT2D eigenvalue weighted by molar-refractivity contribution is 5.95. The molecule has 3 N–H and O–H groups in total. The number of aromatic nitrogens is 2. The minimum absolute atomic E-state index is 0.121. The maximum Gasteiger partial charge on any atom is 0.326 e. The van der Waals surface area contributed by atoms with Gasteiger partial charge in [-0.05, 0) is 13.0 Å². The zero-order chi connectivity index (χ0) is 13.8. The predicted molar refractivity (Wildman–Crippen MR) is 64.6 cm³/mol. The Kier molecular flexibility index (Phi) is 3.65. The molecule has 0 bridgehead atoms. The van der Waals surface area contributed by atoms with Crippen molar-refractivity contribution in [1.29, 1.82) is 0 Å². The SMILES string of the molecule is Cc1ccoc1C(=O)N[C@@H](Cc1cnc[nH]1)C(=O)O. The van der Waals surface area contributed by atoms with Crippen LogP contribution in [0.25, 0.3) is 0 Å². The van der Waals surface area contributed by atoms with E-state index in [1.807, 2.05) is 0 Å². The minimum Gasteiger partial charge on any atom is -0.480 e. The number of furan rings is 1. The summed E-state index contributed by atoms with van der Waals surface area (Å²) in [6.07, 6.45) is 4.47. The molecule has 2 heterocycles. The Labute approximate surface area is 108 Å². The van der Waals surface area contributed by atoms with Gasteiger partial charge in [-0.2, -0.15) is 0 Å². The normalized spacial score (nSPS) is 12.1. The van der Waals surface area contributed by atoms with Crippen LogP contribution in [0.5, 0.6) is 0 Å². The molecule has 0 aliphatic rings. The van der Waals surface area contributed by atoms with Crippen LogP contribution < -0.4 is 5.32 Å². The van der Waals surface area contributed by atoms with Crippen molar-refractivity contribution in [2.24, 2.45) is 0 Å². The summed E-state index contributed by atoms with van der Waals surface area (Å²) in [5.74, 6) is -1.54. The third kappa shape index (κ3) is 3.01. The molecule has 2 rings (SSSR count). The average Bonchev–Trinajstić information content (AvgIpc) is 2.99. The average molecular weight is 263 g/mol. The van der Waals surface area contributed by atoms with Crippen LogP contribution in [-0.4, -0.2) is 33.0 Å². The van der Waals surface area contributed by atoms with Crippen molar-refractivity contribution in [3.63, 3.8) is 0 Å². The van der Waals surface area contributed by atoms with Crippen molar-refractivity contribution in [1.82, 2.24) is 15.3 Å². The van der Waals surface area contributed by atoms with Gasteiger partial charge in [0, 0.05) is 23.9 Å². The van der Waals surface area contributed by atoms with Gasteiger partial charge in [0.1, 0.15) is 6.04 Å². The lowest BCUT2D eigenvalue weighted by Crippen LogP contribution is -2.42. The van der Waals surface area contributed by atoms with Crippen molar-refractivity contribution >= 4 is 11.9 Å². The van der Waals surface area contributed by atoms with E-state index in [4.69, 9.17) is 9.52 Å². The number of amides is 1. The van der Waals surface area contributed by atoms with Gasteiger partial charge in [-0.1, -0.05) is 0 Å². The Balaban J connectivity index is 2.07. The fourth-order valence-corrected chi connectivity index (χ4v) is 1.65. The Bertz CT molecular complexity index is 574. The highest BCUT2D eigenvalue weighted by Gasteiger charge is 2.23. The summed E-state index contributed by atoms with van der Waals surface area (Å²) >= 11 is 0. The molecule has 2 aromatic heterocycles. The van der Waals surface area contributed by atoms with Gasteiger partial charge in [0.05, 0.1) is 12.6 Å². The first-order valence-corrected chi connectivity index (χ1v) is 5.63. The smallest absolute Gasteiger partial charge is 0.326 e. The second-order valence-electron chi connectivity index (χ2n) is 4.08. The van der Waals surface area contributed by atoms with Crippen molar-refractivity contribution in [2.45, 2.75) is 19.4 Å². The molecule has 0 unspecified atom stereocenters. The maximum absolute atomic E-state index is 11.9. The van der Waals surface area contributed by atoms with Crippen molar-refractivity contribution in [3.05, 3.63) is 41.9 Å². The number of rotatable bonds is 5. The number of carbonyl (C=O) groups is 2. The molecule has 1 amide bonds. The molecule has 0 saturated heterocycles. The number of nitrogens with zero attached hydrogens (tertiary/aromatic N) is 1. The van der Waals surface area contributed by atoms with Gasteiger partial charge < -0.3 is 19.8 Å². The number of nitrogens with one attached hydrogen (secondary N) is 2. The second kappa shape index (κ2) is 5.38. The molecule has 0 aliphatic heterocycles. The zero-order valence-electron chi connectivity index (χ0n) is 10.2. The molecule has 7 nitrogen and oxygen atoms in total. The molecule has 19 heavy (non-hydrogen) atoms. The minimum atomic E-state index is -1.12.